The number of hydrogen-bond donors (Lipinski definition) is 3. The van der Waals surface area contributed by atoms with Gasteiger partial charge in [-0.25, -0.2) is 0 Å². The molecular formula is C42H34N4O3S. The molecule has 246 valence electrons. The summed E-state index contributed by atoms with van der Waals surface area (Å²) in [4.78, 5) is 40.5. The lowest BCUT2D eigenvalue weighted by Gasteiger charge is -2.13. The summed E-state index contributed by atoms with van der Waals surface area (Å²) in [6, 6.07) is 44.1. The molecule has 0 aliphatic carbocycles. The number of aromatic nitrogens is 1. The number of hydrogen-bond acceptors (Lipinski definition) is 4. The van der Waals surface area contributed by atoms with Gasteiger partial charge in [-0.1, -0.05) is 78.9 Å². The fraction of sp³-hybridized carbons (Fsp3) is 0.0714. The number of aryl methyl sites for hydroxylation is 1. The molecule has 0 aliphatic rings. The lowest BCUT2D eigenvalue weighted by molar-refractivity contribution is -0.114. The largest absolute Gasteiger partial charge is 0.341 e. The highest BCUT2D eigenvalue weighted by Crippen LogP contribution is 2.31. The van der Waals surface area contributed by atoms with Crippen LogP contribution in [-0.4, -0.2) is 28.0 Å². The fourth-order valence-corrected chi connectivity index (χ4v) is 6.82. The van der Waals surface area contributed by atoms with Gasteiger partial charge in [0.2, 0.25) is 5.91 Å². The van der Waals surface area contributed by atoms with Gasteiger partial charge in [0.05, 0.1) is 5.75 Å². The quantitative estimate of drug-likeness (QED) is 0.0997. The molecule has 0 saturated carbocycles. The first kappa shape index (κ1) is 32.4. The van der Waals surface area contributed by atoms with Gasteiger partial charge in [-0.05, 0) is 90.0 Å². The maximum atomic E-state index is 13.6. The molecule has 0 unspecified atom stereocenters. The Balaban J connectivity index is 1.02. The Morgan fingerprint density at radius 2 is 1.34 bits per heavy atom. The predicted molar refractivity (Wildman–Crippen MR) is 205 cm³/mol. The minimum atomic E-state index is -0.457. The molecule has 3 amide bonds. The molecule has 8 heteroatoms. The van der Waals surface area contributed by atoms with Gasteiger partial charge in [0.15, 0.2) is 0 Å². The Kier molecular flexibility index (Phi) is 9.44. The van der Waals surface area contributed by atoms with Crippen molar-refractivity contribution in [2.24, 2.45) is 0 Å². The van der Waals surface area contributed by atoms with Gasteiger partial charge in [-0.15, -0.1) is 11.8 Å². The van der Waals surface area contributed by atoms with E-state index in [2.05, 4.69) is 45.6 Å². The van der Waals surface area contributed by atoms with Gasteiger partial charge in [0, 0.05) is 50.2 Å². The summed E-state index contributed by atoms with van der Waals surface area (Å²) in [5.41, 5.74) is 5.00. The number of thioether (sulfide) groups is 1. The SMILES string of the molecule is CCn1c2ccccc2c2cc(NC(=O)CSc3ccc(NC(=O)/C(=C/c4cccc5ccccc45)NC(=O)c4ccccc4)cc3)ccc21. The summed E-state index contributed by atoms with van der Waals surface area (Å²) >= 11 is 1.41. The van der Waals surface area contributed by atoms with E-state index in [0.717, 1.165) is 49.8 Å². The topological polar surface area (TPSA) is 92.2 Å². The second-order valence-corrected chi connectivity index (χ2v) is 12.8. The zero-order valence-electron chi connectivity index (χ0n) is 27.4. The number of amides is 3. The molecule has 1 heterocycles. The van der Waals surface area contributed by atoms with Crippen molar-refractivity contribution in [2.45, 2.75) is 18.4 Å². The highest BCUT2D eigenvalue weighted by Gasteiger charge is 2.16. The molecule has 0 bridgehead atoms. The van der Waals surface area contributed by atoms with Crippen molar-refractivity contribution < 1.29 is 14.4 Å². The first-order valence-electron chi connectivity index (χ1n) is 16.4. The van der Waals surface area contributed by atoms with Gasteiger partial charge >= 0.3 is 0 Å². The van der Waals surface area contributed by atoms with Crippen molar-refractivity contribution >= 4 is 79.5 Å². The van der Waals surface area contributed by atoms with Crippen molar-refractivity contribution in [1.29, 1.82) is 0 Å². The predicted octanol–water partition coefficient (Wildman–Crippen LogP) is 9.11. The molecule has 1 aromatic heterocycles. The first-order chi connectivity index (χ1) is 24.5. The van der Waals surface area contributed by atoms with Crippen LogP contribution in [0.2, 0.25) is 0 Å². The van der Waals surface area contributed by atoms with Crippen LogP contribution < -0.4 is 16.0 Å². The number of carbonyl (C=O) groups is 3. The average molecular weight is 675 g/mol. The number of fused-ring (bicyclic) bond motifs is 4. The van der Waals surface area contributed by atoms with Crippen LogP contribution in [-0.2, 0) is 16.1 Å². The summed E-state index contributed by atoms with van der Waals surface area (Å²) in [6.45, 7) is 3.00. The van der Waals surface area contributed by atoms with Crippen molar-refractivity contribution in [3.63, 3.8) is 0 Å². The van der Waals surface area contributed by atoms with E-state index in [1.807, 2.05) is 84.9 Å². The molecule has 7 aromatic rings. The first-order valence-corrected chi connectivity index (χ1v) is 17.4. The third kappa shape index (κ3) is 7.02. The van der Waals surface area contributed by atoms with Crippen LogP contribution in [0.1, 0.15) is 22.8 Å². The molecule has 0 saturated heterocycles. The number of carbonyl (C=O) groups excluding carboxylic acids is 3. The standard InChI is InChI=1S/C42H34N4O3S/c1-2-46-38-18-9-8-17-35(38)36-26-32(21-24-39(36)46)43-40(47)27-50-33-22-19-31(20-23-33)44-42(49)37(45-41(48)29-12-4-3-5-13-29)25-30-15-10-14-28-11-6-7-16-34(28)30/h3-26H,2,27H2,1H3,(H,43,47)(H,44,49)(H,45,48)/b37-25-. The second kappa shape index (κ2) is 14.6. The molecule has 0 spiro atoms. The van der Waals surface area contributed by atoms with Crippen LogP contribution in [0, 0.1) is 0 Å². The molecule has 0 fully saturated rings. The third-order valence-corrected chi connectivity index (χ3v) is 9.52. The smallest absolute Gasteiger partial charge is 0.272 e. The molecule has 7 rings (SSSR count). The zero-order chi connectivity index (χ0) is 34.5. The maximum Gasteiger partial charge on any atom is 0.272 e. The molecule has 6 aromatic carbocycles. The van der Waals surface area contributed by atoms with E-state index < -0.39 is 5.91 Å². The summed E-state index contributed by atoms with van der Waals surface area (Å²) in [6.07, 6.45) is 1.70. The Morgan fingerprint density at radius 3 is 2.14 bits per heavy atom. The number of nitrogens with zero attached hydrogens (tertiary/aromatic N) is 1. The van der Waals surface area contributed by atoms with Crippen LogP contribution in [0.25, 0.3) is 38.7 Å². The third-order valence-electron chi connectivity index (χ3n) is 8.51. The Labute approximate surface area is 294 Å². The maximum absolute atomic E-state index is 13.6. The van der Waals surface area contributed by atoms with Gasteiger partial charge in [0.25, 0.3) is 11.8 Å². The summed E-state index contributed by atoms with van der Waals surface area (Å²) < 4.78 is 2.28. The van der Waals surface area contributed by atoms with E-state index in [1.54, 1.807) is 42.5 Å². The lowest BCUT2D eigenvalue weighted by Crippen LogP contribution is -2.30. The van der Waals surface area contributed by atoms with Crippen molar-refractivity contribution in [2.75, 3.05) is 16.4 Å². The second-order valence-electron chi connectivity index (χ2n) is 11.8. The molecule has 3 N–H and O–H groups in total. The Morgan fingerprint density at radius 1 is 0.660 bits per heavy atom. The van der Waals surface area contributed by atoms with Gasteiger partial charge < -0.3 is 20.5 Å². The number of para-hydroxylation sites is 1. The minimum absolute atomic E-state index is 0.108. The molecule has 7 nitrogen and oxygen atoms in total. The molecule has 50 heavy (non-hydrogen) atoms. The van der Waals surface area contributed by atoms with Crippen LogP contribution in [0.4, 0.5) is 11.4 Å². The number of rotatable bonds is 10. The van der Waals surface area contributed by atoms with Crippen molar-refractivity contribution in [3.05, 3.63) is 156 Å². The van der Waals surface area contributed by atoms with Crippen LogP contribution in [0.3, 0.4) is 0 Å². The van der Waals surface area contributed by atoms with E-state index in [-0.39, 0.29) is 23.3 Å². The van der Waals surface area contributed by atoms with Gasteiger partial charge in [-0.2, -0.15) is 0 Å². The lowest BCUT2D eigenvalue weighted by atomic mass is 10.0. The average Bonchev–Trinajstić information content (AvgIpc) is 3.47. The molecular weight excluding hydrogens is 641 g/mol. The Bertz CT molecular complexity index is 2390. The number of anilines is 2. The highest BCUT2D eigenvalue weighted by molar-refractivity contribution is 8.00. The normalized spacial score (nSPS) is 11.5. The van der Waals surface area contributed by atoms with Crippen molar-refractivity contribution in [3.8, 4) is 0 Å². The summed E-state index contributed by atoms with van der Waals surface area (Å²) in [5, 5.41) is 13.0. The fourth-order valence-electron chi connectivity index (χ4n) is 6.13. The summed E-state index contributed by atoms with van der Waals surface area (Å²) in [7, 11) is 0. The van der Waals surface area contributed by atoms with E-state index in [9.17, 15) is 14.4 Å². The zero-order valence-corrected chi connectivity index (χ0v) is 28.2. The van der Waals surface area contributed by atoms with Crippen LogP contribution in [0.15, 0.2) is 150 Å². The minimum Gasteiger partial charge on any atom is -0.341 e. The van der Waals surface area contributed by atoms with E-state index in [0.29, 0.717) is 11.3 Å². The van der Waals surface area contributed by atoms with Crippen molar-refractivity contribution in [1.82, 2.24) is 9.88 Å². The molecule has 0 radical (unpaired) electrons. The van der Waals surface area contributed by atoms with E-state index >= 15 is 0 Å². The molecule has 0 aliphatic heterocycles. The molecule has 0 atom stereocenters. The van der Waals surface area contributed by atoms with Crippen LogP contribution in [0.5, 0.6) is 0 Å². The van der Waals surface area contributed by atoms with Gasteiger partial charge in [0.1, 0.15) is 5.70 Å². The summed E-state index contributed by atoms with van der Waals surface area (Å²) in [5.74, 6) is -0.724. The van der Waals surface area contributed by atoms with E-state index in [4.69, 9.17) is 0 Å². The van der Waals surface area contributed by atoms with E-state index in [1.165, 1.54) is 17.3 Å². The number of nitrogens with one attached hydrogen (secondary N) is 3. The van der Waals surface area contributed by atoms with Gasteiger partial charge in [-0.3, -0.25) is 14.4 Å². The van der Waals surface area contributed by atoms with Crippen LogP contribution >= 0.6 is 11.8 Å². The Hall–Kier alpha value is -6.12. The number of benzene rings is 6. The monoisotopic (exact) mass is 674 g/mol. The highest BCUT2D eigenvalue weighted by atomic mass is 32.2.